The van der Waals surface area contributed by atoms with E-state index in [2.05, 4.69) is 5.32 Å². The molecule has 0 saturated heterocycles. The molecular formula is C20H25ClN2O3S2. The SMILES string of the molecule is CN(CCCC(=O)NCCSCc1ccccc1Cl)S(=O)(=O)c1ccccc1. The number of sulfonamides is 1. The van der Waals surface area contributed by atoms with E-state index in [1.165, 1.54) is 11.4 Å². The maximum absolute atomic E-state index is 12.4. The summed E-state index contributed by atoms with van der Waals surface area (Å²) in [7, 11) is -1.97. The Morgan fingerprint density at radius 3 is 2.50 bits per heavy atom. The molecule has 2 aromatic carbocycles. The number of carbonyl (C=O) groups is 1. The molecule has 0 unspecified atom stereocenters. The Hall–Kier alpha value is -1.54. The lowest BCUT2D eigenvalue weighted by atomic mass is 10.2. The fourth-order valence-electron chi connectivity index (χ4n) is 2.50. The van der Waals surface area contributed by atoms with Crippen molar-refractivity contribution >= 4 is 39.3 Å². The second-order valence-corrected chi connectivity index (χ2v) is 9.79. The van der Waals surface area contributed by atoms with E-state index in [0.29, 0.717) is 25.9 Å². The van der Waals surface area contributed by atoms with Crippen LogP contribution >= 0.6 is 23.4 Å². The van der Waals surface area contributed by atoms with E-state index >= 15 is 0 Å². The van der Waals surface area contributed by atoms with E-state index in [4.69, 9.17) is 11.6 Å². The Bertz CT molecular complexity index is 861. The highest BCUT2D eigenvalue weighted by molar-refractivity contribution is 7.98. The van der Waals surface area contributed by atoms with Crippen molar-refractivity contribution in [2.45, 2.75) is 23.5 Å². The van der Waals surface area contributed by atoms with Crippen molar-refractivity contribution in [1.29, 1.82) is 0 Å². The molecule has 0 aromatic heterocycles. The van der Waals surface area contributed by atoms with Gasteiger partial charge in [0.25, 0.3) is 0 Å². The highest BCUT2D eigenvalue weighted by Crippen LogP contribution is 2.20. The van der Waals surface area contributed by atoms with Crippen LogP contribution in [0, 0.1) is 0 Å². The summed E-state index contributed by atoms with van der Waals surface area (Å²) in [5.74, 6) is 1.53. The average Bonchev–Trinajstić information content (AvgIpc) is 2.69. The Morgan fingerprint density at radius 2 is 1.79 bits per heavy atom. The fourth-order valence-corrected chi connectivity index (χ4v) is 4.88. The summed E-state index contributed by atoms with van der Waals surface area (Å²) in [6.45, 7) is 0.873. The van der Waals surface area contributed by atoms with Crippen LogP contribution in [0.5, 0.6) is 0 Å². The predicted molar refractivity (Wildman–Crippen MR) is 116 cm³/mol. The van der Waals surface area contributed by atoms with E-state index in [1.54, 1.807) is 42.1 Å². The molecule has 0 atom stereocenters. The van der Waals surface area contributed by atoms with E-state index < -0.39 is 10.0 Å². The first-order valence-corrected chi connectivity index (χ1v) is 12.0. The van der Waals surface area contributed by atoms with Crippen LogP contribution < -0.4 is 5.32 Å². The highest BCUT2D eigenvalue weighted by atomic mass is 35.5. The third kappa shape index (κ3) is 7.13. The largest absolute Gasteiger partial charge is 0.355 e. The first-order chi connectivity index (χ1) is 13.4. The zero-order chi connectivity index (χ0) is 20.4. The molecular weight excluding hydrogens is 416 g/mol. The first-order valence-electron chi connectivity index (χ1n) is 9.00. The monoisotopic (exact) mass is 440 g/mol. The smallest absolute Gasteiger partial charge is 0.242 e. The number of rotatable bonds is 11. The number of hydrogen-bond donors (Lipinski definition) is 1. The molecule has 0 aliphatic heterocycles. The molecule has 8 heteroatoms. The minimum Gasteiger partial charge on any atom is -0.355 e. The molecule has 0 fully saturated rings. The molecule has 1 amide bonds. The van der Waals surface area contributed by atoms with Crippen molar-refractivity contribution in [3.05, 3.63) is 65.2 Å². The number of amides is 1. The van der Waals surface area contributed by atoms with E-state index in [0.717, 1.165) is 22.1 Å². The van der Waals surface area contributed by atoms with Crippen molar-refractivity contribution in [2.75, 3.05) is 25.9 Å². The normalized spacial score (nSPS) is 11.5. The van der Waals surface area contributed by atoms with Crippen LogP contribution in [0.4, 0.5) is 0 Å². The first kappa shape index (κ1) is 22.7. The lowest BCUT2D eigenvalue weighted by Gasteiger charge is -2.17. The van der Waals surface area contributed by atoms with Gasteiger partial charge in [-0.05, 0) is 30.2 Å². The molecule has 28 heavy (non-hydrogen) atoms. The van der Waals surface area contributed by atoms with Crippen LogP contribution in [0.3, 0.4) is 0 Å². The summed E-state index contributed by atoms with van der Waals surface area (Å²) in [6, 6.07) is 16.0. The van der Waals surface area contributed by atoms with Gasteiger partial charge in [-0.15, -0.1) is 0 Å². The number of carbonyl (C=O) groups excluding carboxylic acids is 1. The lowest BCUT2D eigenvalue weighted by Crippen LogP contribution is -2.30. The molecule has 0 spiro atoms. The molecule has 0 heterocycles. The van der Waals surface area contributed by atoms with Gasteiger partial charge >= 0.3 is 0 Å². The topological polar surface area (TPSA) is 66.5 Å². The Labute approximate surface area is 176 Å². The van der Waals surface area contributed by atoms with Crippen molar-refractivity contribution in [2.24, 2.45) is 0 Å². The van der Waals surface area contributed by atoms with E-state index in [-0.39, 0.29) is 10.8 Å². The van der Waals surface area contributed by atoms with Crippen LogP contribution in [-0.4, -0.2) is 44.5 Å². The predicted octanol–water partition coefficient (Wildman–Crippen LogP) is 3.79. The summed E-state index contributed by atoms with van der Waals surface area (Å²) >= 11 is 7.82. The summed E-state index contributed by atoms with van der Waals surface area (Å²) in [6.07, 6.45) is 0.769. The van der Waals surface area contributed by atoms with Gasteiger partial charge < -0.3 is 5.32 Å². The zero-order valence-corrected chi connectivity index (χ0v) is 18.2. The highest BCUT2D eigenvalue weighted by Gasteiger charge is 2.19. The molecule has 2 rings (SSSR count). The van der Waals surface area contributed by atoms with Crippen molar-refractivity contribution in [1.82, 2.24) is 9.62 Å². The van der Waals surface area contributed by atoms with Gasteiger partial charge in [-0.1, -0.05) is 48.0 Å². The third-order valence-corrected chi connectivity index (χ3v) is 7.36. The molecule has 0 aliphatic carbocycles. The Morgan fingerprint density at radius 1 is 1.11 bits per heavy atom. The standard InChI is InChI=1S/C20H25ClN2O3S2/c1-23(28(25,26)18-9-3-2-4-10-18)14-7-12-20(24)22-13-15-27-16-17-8-5-6-11-19(17)21/h2-6,8-11H,7,12-16H2,1H3,(H,22,24). The van der Waals surface area contributed by atoms with Crippen molar-refractivity contribution in [3.63, 3.8) is 0 Å². The Balaban J connectivity index is 1.61. The molecule has 152 valence electrons. The van der Waals surface area contributed by atoms with Gasteiger partial charge in [-0.2, -0.15) is 11.8 Å². The summed E-state index contributed by atoms with van der Waals surface area (Å²) < 4.78 is 26.1. The van der Waals surface area contributed by atoms with Crippen LogP contribution in [-0.2, 0) is 20.6 Å². The van der Waals surface area contributed by atoms with Gasteiger partial charge in [0.05, 0.1) is 4.90 Å². The molecule has 2 aromatic rings. The molecule has 5 nitrogen and oxygen atoms in total. The number of benzene rings is 2. The fraction of sp³-hybridized carbons (Fsp3) is 0.350. The van der Waals surface area contributed by atoms with Crippen LogP contribution in [0.15, 0.2) is 59.5 Å². The molecule has 0 saturated carbocycles. The van der Waals surface area contributed by atoms with Crippen molar-refractivity contribution < 1.29 is 13.2 Å². The summed E-state index contributed by atoms with van der Waals surface area (Å²) in [5.41, 5.74) is 1.09. The maximum atomic E-state index is 12.4. The molecule has 0 bridgehead atoms. The number of nitrogens with one attached hydrogen (secondary N) is 1. The van der Waals surface area contributed by atoms with Gasteiger partial charge in [0, 0.05) is 43.1 Å². The number of halogens is 1. The van der Waals surface area contributed by atoms with Gasteiger partial charge in [-0.3, -0.25) is 4.79 Å². The molecule has 1 N–H and O–H groups in total. The number of thioether (sulfide) groups is 1. The quantitative estimate of drug-likeness (QED) is 0.540. The number of hydrogen-bond acceptors (Lipinski definition) is 4. The van der Waals surface area contributed by atoms with Gasteiger partial charge in [0.1, 0.15) is 0 Å². The van der Waals surface area contributed by atoms with Gasteiger partial charge in [0.15, 0.2) is 0 Å². The Kier molecular flexibility index (Phi) is 9.31. The van der Waals surface area contributed by atoms with Crippen LogP contribution in [0.1, 0.15) is 18.4 Å². The van der Waals surface area contributed by atoms with Crippen LogP contribution in [0.25, 0.3) is 0 Å². The maximum Gasteiger partial charge on any atom is 0.242 e. The third-order valence-electron chi connectivity index (χ3n) is 4.11. The van der Waals surface area contributed by atoms with Crippen molar-refractivity contribution in [3.8, 4) is 0 Å². The van der Waals surface area contributed by atoms with Gasteiger partial charge in [-0.25, -0.2) is 12.7 Å². The zero-order valence-electron chi connectivity index (χ0n) is 15.8. The van der Waals surface area contributed by atoms with E-state index in [1.807, 2.05) is 24.3 Å². The molecule has 0 aliphatic rings. The van der Waals surface area contributed by atoms with Crippen LogP contribution in [0.2, 0.25) is 5.02 Å². The van der Waals surface area contributed by atoms with E-state index in [9.17, 15) is 13.2 Å². The summed E-state index contributed by atoms with van der Waals surface area (Å²) in [4.78, 5) is 12.2. The minimum absolute atomic E-state index is 0.0659. The second kappa shape index (κ2) is 11.5. The average molecular weight is 441 g/mol. The summed E-state index contributed by atoms with van der Waals surface area (Å²) in [5, 5.41) is 3.62. The minimum atomic E-state index is -3.50. The lowest BCUT2D eigenvalue weighted by molar-refractivity contribution is -0.121. The van der Waals surface area contributed by atoms with Gasteiger partial charge in [0.2, 0.25) is 15.9 Å². The number of nitrogens with zero attached hydrogens (tertiary/aromatic N) is 1. The second-order valence-electron chi connectivity index (χ2n) is 6.24. The molecule has 0 radical (unpaired) electrons.